The number of hydrogen-bond donors (Lipinski definition) is 1. The highest BCUT2D eigenvalue weighted by molar-refractivity contribution is 6.32. The molecule has 6 heteroatoms. The van der Waals surface area contributed by atoms with Gasteiger partial charge in [-0.15, -0.1) is 0 Å². The zero-order valence-corrected chi connectivity index (χ0v) is 17.0. The van der Waals surface area contributed by atoms with E-state index in [1.54, 1.807) is 0 Å². The van der Waals surface area contributed by atoms with E-state index in [2.05, 4.69) is 5.32 Å². The van der Waals surface area contributed by atoms with Gasteiger partial charge in [-0.2, -0.15) is 0 Å². The maximum absolute atomic E-state index is 6.49. The van der Waals surface area contributed by atoms with Gasteiger partial charge in [-0.05, 0) is 55.2 Å². The van der Waals surface area contributed by atoms with Gasteiger partial charge in [-0.25, -0.2) is 0 Å². The molecule has 0 saturated carbocycles. The number of benzene rings is 2. The van der Waals surface area contributed by atoms with E-state index in [0.717, 1.165) is 37.1 Å². The molecule has 1 aliphatic rings. The van der Waals surface area contributed by atoms with E-state index in [1.807, 2.05) is 43.3 Å². The number of hydrogen-bond acceptors (Lipinski definition) is 4. The number of nitrogens with one attached hydrogen (secondary N) is 1. The Labute approximate surface area is 170 Å². The van der Waals surface area contributed by atoms with Crippen molar-refractivity contribution in [2.45, 2.75) is 39.0 Å². The first-order chi connectivity index (χ1) is 13.2. The van der Waals surface area contributed by atoms with Crippen LogP contribution in [0.2, 0.25) is 10.0 Å². The molecule has 4 nitrogen and oxygen atoms in total. The minimum absolute atomic E-state index is 0.312. The lowest BCUT2D eigenvalue weighted by molar-refractivity contribution is 0.110. The maximum atomic E-state index is 6.49. The first-order valence-corrected chi connectivity index (χ1v) is 10.1. The van der Waals surface area contributed by atoms with E-state index in [-0.39, 0.29) is 0 Å². The van der Waals surface area contributed by atoms with Crippen LogP contribution in [0.25, 0.3) is 0 Å². The maximum Gasteiger partial charge on any atom is 0.180 e. The van der Waals surface area contributed by atoms with Gasteiger partial charge in [0.25, 0.3) is 0 Å². The van der Waals surface area contributed by atoms with Crippen LogP contribution >= 0.6 is 23.2 Å². The summed E-state index contributed by atoms with van der Waals surface area (Å²) in [4.78, 5) is 0. The fourth-order valence-corrected chi connectivity index (χ4v) is 3.59. The molecule has 1 N–H and O–H groups in total. The lowest BCUT2D eigenvalue weighted by Gasteiger charge is -2.16. The third-order valence-electron chi connectivity index (χ3n) is 4.37. The van der Waals surface area contributed by atoms with Gasteiger partial charge in [-0.3, -0.25) is 0 Å². The highest BCUT2D eigenvalue weighted by Gasteiger charge is 2.16. The van der Waals surface area contributed by atoms with Gasteiger partial charge in [0, 0.05) is 24.7 Å². The van der Waals surface area contributed by atoms with Crippen LogP contribution < -0.4 is 14.8 Å². The van der Waals surface area contributed by atoms with Crippen molar-refractivity contribution in [1.82, 2.24) is 5.32 Å². The van der Waals surface area contributed by atoms with Crippen LogP contribution in [-0.4, -0.2) is 25.9 Å². The van der Waals surface area contributed by atoms with Crippen LogP contribution in [0.4, 0.5) is 0 Å². The number of halogens is 2. The molecule has 1 heterocycles. The van der Waals surface area contributed by atoms with Crippen LogP contribution in [-0.2, 0) is 17.9 Å². The van der Waals surface area contributed by atoms with Crippen molar-refractivity contribution in [1.29, 1.82) is 0 Å². The second kappa shape index (κ2) is 10.2. The van der Waals surface area contributed by atoms with Crippen molar-refractivity contribution in [3.63, 3.8) is 0 Å². The molecule has 0 spiro atoms. The minimum Gasteiger partial charge on any atom is -0.490 e. The molecular weight excluding hydrogens is 385 g/mol. The summed E-state index contributed by atoms with van der Waals surface area (Å²) in [6.45, 7) is 5.26. The van der Waals surface area contributed by atoms with E-state index in [4.69, 9.17) is 37.4 Å². The number of ether oxygens (including phenoxy) is 3. The Bertz CT molecular complexity index is 748. The zero-order chi connectivity index (χ0) is 19.1. The molecule has 0 aliphatic carbocycles. The minimum atomic E-state index is 0.312. The predicted molar refractivity (Wildman–Crippen MR) is 109 cm³/mol. The third-order valence-corrected chi connectivity index (χ3v) is 4.88. The summed E-state index contributed by atoms with van der Waals surface area (Å²) in [7, 11) is 0. The van der Waals surface area contributed by atoms with Crippen LogP contribution in [0, 0.1) is 0 Å². The standard InChI is InChI=1S/C21H25Cl2NO3/c1-2-25-20-11-16(12-24-13-18-7-4-8-26-18)10-19(23)21(20)27-14-15-5-3-6-17(22)9-15/h3,5-6,9-11,18,24H,2,4,7-8,12-14H2,1H3. The van der Waals surface area contributed by atoms with E-state index >= 15 is 0 Å². The predicted octanol–water partition coefficient (Wildman–Crippen LogP) is 5.24. The zero-order valence-electron chi connectivity index (χ0n) is 15.5. The van der Waals surface area contributed by atoms with Gasteiger partial charge in [0.15, 0.2) is 11.5 Å². The molecule has 1 saturated heterocycles. The number of rotatable bonds is 9. The fourth-order valence-electron chi connectivity index (χ4n) is 3.09. The summed E-state index contributed by atoms with van der Waals surface area (Å²) in [6, 6.07) is 11.5. The van der Waals surface area contributed by atoms with Crippen LogP contribution in [0.5, 0.6) is 11.5 Å². The van der Waals surface area contributed by atoms with Crippen molar-refractivity contribution in [2.24, 2.45) is 0 Å². The summed E-state index contributed by atoms with van der Waals surface area (Å²) in [6.07, 6.45) is 2.58. The Hall–Kier alpha value is -1.46. The van der Waals surface area contributed by atoms with Gasteiger partial charge < -0.3 is 19.5 Å². The molecule has 0 amide bonds. The van der Waals surface area contributed by atoms with Crippen molar-refractivity contribution < 1.29 is 14.2 Å². The summed E-state index contributed by atoms with van der Waals surface area (Å²) in [5.41, 5.74) is 2.03. The van der Waals surface area contributed by atoms with Crippen LogP contribution in [0.3, 0.4) is 0 Å². The van der Waals surface area contributed by atoms with Crippen LogP contribution in [0.1, 0.15) is 30.9 Å². The average molecular weight is 410 g/mol. The fraction of sp³-hybridized carbons (Fsp3) is 0.429. The van der Waals surface area contributed by atoms with Crippen molar-refractivity contribution in [3.05, 3.63) is 57.6 Å². The lowest BCUT2D eigenvalue weighted by Crippen LogP contribution is -2.25. The van der Waals surface area contributed by atoms with E-state index in [9.17, 15) is 0 Å². The van der Waals surface area contributed by atoms with Gasteiger partial charge >= 0.3 is 0 Å². The SMILES string of the molecule is CCOc1cc(CNCC2CCCO2)cc(Cl)c1OCc1cccc(Cl)c1. The van der Waals surface area contributed by atoms with E-state index in [0.29, 0.717) is 47.4 Å². The van der Waals surface area contributed by atoms with E-state index in [1.165, 1.54) is 0 Å². The normalized spacial score (nSPS) is 16.5. The highest BCUT2D eigenvalue weighted by Crippen LogP contribution is 2.37. The second-order valence-corrected chi connectivity index (χ2v) is 7.37. The molecule has 0 aromatic heterocycles. The second-order valence-electron chi connectivity index (χ2n) is 6.52. The quantitative estimate of drug-likeness (QED) is 0.614. The van der Waals surface area contributed by atoms with E-state index < -0.39 is 0 Å². The van der Waals surface area contributed by atoms with Crippen molar-refractivity contribution in [3.8, 4) is 11.5 Å². The van der Waals surface area contributed by atoms with Gasteiger partial charge in [0.1, 0.15) is 6.61 Å². The average Bonchev–Trinajstić information content (AvgIpc) is 3.15. The van der Waals surface area contributed by atoms with Crippen LogP contribution in [0.15, 0.2) is 36.4 Å². The van der Waals surface area contributed by atoms with Gasteiger partial charge in [0.05, 0.1) is 17.7 Å². The largest absolute Gasteiger partial charge is 0.490 e. The Morgan fingerprint density at radius 2 is 2.04 bits per heavy atom. The van der Waals surface area contributed by atoms with Gasteiger partial charge in [-0.1, -0.05) is 35.3 Å². The Balaban J connectivity index is 1.65. The molecule has 1 fully saturated rings. The topological polar surface area (TPSA) is 39.7 Å². The highest BCUT2D eigenvalue weighted by atomic mass is 35.5. The molecule has 0 bridgehead atoms. The molecule has 146 valence electrons. The molecule has 27 heavy (non-hydrogen) atoms. The molecule has 2 aromatic rings. The molecule has 3 rings (SSSR count). The third kappa shape index (κ3) is 6.01. The van der Waals surface area contributed by atoms with Gasteiger partial charge in [0.2, 0.25) is 0 Å². The lowest BCUT2D eigenvalue weighted by atomic mass is 10.2. The van der Waals surface area contributed by atoms with Crippen molar-refractivity contribution >= 4 is 23.2 Å². The Morgan fingerprint density at radius 3 is 2.78 bits per heavy atom. The molecule has 1 unspecified atom stereocenters. The monoisotopic (exact) mass is 409 g/mol. The summed E-state index contributed by atoms with van der Waals surface area (Å²) in [5.74, 6) is 1.21. The molecule has 2 aromatic carbocycles. The summed E-state index contributed by atoms with van der Waals surface area (Å²) in [5, 5.41) is 4.65. The smallest absolute Gasteiger partial charge is 0.180 e. The summed E-state index contributed by atoms with van der Waals surface area (Å²) < 4.78 is 17.3. The first-order valence-electron chi connectivity index (χ1n) is 9.30. The first kappa shape index (κ1) is 20.3. The Kier molecular flexibility index (Phi) is 7.65. The molecule has 1 atom stereocenters. The van der Waals surface area contributed by atoms with Crippen molar-refractivity contribution in [2.75, 3.05) is 19.8 Å². The Morgan fingerprint density at radius 1 is 1.15 bits per heavy atom. The molecule has 0 radical (unpaired) electrons. The summed E-state index contributed by atoms with van der Waals surface area (Å²) >= 11 is 12.5. The molecule has 1 aliphatic heterocycles. The molecular formula is C21H25Cl2NO3.